The van der Waals surface area contributed by atoms with Gasteiger partial charge in [0.1, 0.15) is 11.3 Å². The van der Waals surface area contributed by atoms with Crippen LogP contribution in [-0.2, 0) is 0 Å². The number of nitrogens with one attached hydrogen (secondary N) is 1. The number of fused-ring (bicyclic) bond motifs is 1. The fourth-order valence-corrected chi connectivity index (χ4v) is 2.22. The summed E-state index contributed by atoms with van der Waals surface area (Å²) in [5, 5.41) is 0.676. The minimum absolute atomic E-state index is 0.0638. The predicted molar refractivity (Wildman–Crippen MR) is 71.5 cm³/mol. The standard InChI is InChI=1S/C13H6Cl2F2N2/c14-7-3-1-2-6(10(7)15)13-18-9-5-4-8(16)11(17)12(9)19-13/h1-5H,(H,18,19). The van der Waals surface area contributed by atoms with Gasteiger partial charge in [-0.1, -0.05) is 29.3 Å². The van der Waals surface area contributed by atoms with Crippen molar-refractivity contribution in [2.24, 2.45) is 0 Å². The molecule has 0 saturated carbocycles. The number of nitrogens with zero attached hydrogens (tertiary/aromatic N) is 1. The lowest BCUT2D eigenvalue weighted by molar-refractivity contribution is 0.515. The van der Waals surface area contributed by atoms with Crippen LogP contribution < -0.4 is 0 Å². The van der Waals surface area contributed by atoms with Crippen molar-refractivity contribution >= 4 is 34.2 Å². The van der Waals surface area contributed by atoms with Crippen LogP contribution in [0.1, 0.15) is 0 Å². The molecule has 0 atom stereocenters. The van der Waals surface area contributed by atoms with Crippen molar-refractivity contribution in [3.63, 3.8) is 0 Å². The number of H-pyrrole nitrogens is 1. The minimum atomic E-state index is -0.988. The minimum Gasteiger partial charge on any atom is -0.338 e. The van der Waals surface area contributed by atoms with Crippen molar-refractivity contribution < 1.29 is 8.78 Å². The Balaban J connectivity index is 2.27. The molecule has 0 radical (unpaired) electrons. The van der Waals surface area contributed by atoms with E-state index in [0.717, 1.165) is 6.07 Å². The summed E-state index contributed by atoms with van der Waals surface area (Å²) >= 11 is 12.0. The molecule has 0 saturated heterocycles. The van der Waals surface area contributed by atoms with Crippen LogP contribution in [-0.4, -0.2) is 9.97 Å². The quantitative estimate of drug-likeness (QED) is 0.686. The largest absolute Gasteiger partial charge is 0.338 e. The fraction of sp³-hybridized carbons (Fsp3) is 0. The number of imidazole rings is 1. The molecule has 0 bridgehead atoms. The summed E-state index contributed by atoms with van der Waals surface area (Å²) in [5.74, 6) is -1.59. The van der Waals surface area contributed by atoms with Crippen molar-refractivity contribution in [1.82, 2.24) is 9.97 Å². The van der Waals surface area contributed by atoms with Crippen LogP contribution >= 0.6 is 23.2 Å². The zero-order chi connectivity index (χ0) is 13.6. The van der Waals surface area contributed by atoms with Crippen LogP contribution in [0.25, 0.3) is 22.4 Å². The lowest BCUT2D eigenvalue weighted by atomic mass is 10.2. The third-order valence-electron chi connectivity index (χ3n) is 2.75. The second-order valence-corrected chi connectivity index (χ2v) is 4.73. The zero-order valence-corrected chi connectivity index (χ0v) is 10.9. The number of hydrogen-bond acceptors (Lipinski definition) is 1. The second kappa shape index (κ2) is 4.47. The molecule has 2 nitrogen and oxygen atoms in total. The van der Waals surface area contributed by atoms with E-state index < -0.39 is 11.6 Å². The number of halogens is 4. The van der Waals surface area contributed by atoms with Crippen molar-refractivity contribution in [3.8, 4) is 11.4 Å². The molecule has 0 spiro atoms. The van der Waals surface area contributed by atoms with Gasteiger partial charge < -0.3 is 4.98 Å². The molecule has 0 aliphatic heterocycles. The number of hydrogen-bond donors (Lipinski definition) is 1. The monoisotopic (exact) mass is 298 g/mol. The molecule has 0 aliphatic rings. The zero-order valence-electron chi connectivity index (χ0n) is 9.35. The molecule has 19 heavy (non-hydrogen) atoms. The Morgan fingerprint density at radius 2 is 1.84 bits per heavy atom. The van der Waals surface area contributed by atoms with E-state index in [2.05, 4.69) is 9.97 Å². The molecule has 3 rings (SSSR count). The molecule has 0 fully saturated rings. The number of aromatic nitrogens is 2. The third-order valence-corrected chi connectivity index (χ3v) is 3.57. The van der Waals surface area contributed by atoms with Crippen LogP contribution in [0.15, 0.2) is 30.3 Å². The first-order valence-corrected chi connectivity index (χ1v) is 6.11. The van der Waals surface area contributed by atoms with Gasteiger partial charge in [0.25, 0.3) is 0 Å². The summed E-state index contributed by atoms with van der Waals surface area (Å²) in [4.78, 5) is 6.92. The van der Waals surface area contributed by atoms with Gasteiger partial charge in [-0.15, -0.1) is 0 Å². The van der Waals surface area contributed by atoms with Crippen molar-refractivity contribution in [3.05, 3.63) is 52.0 Å². The maximum atomic E-state index is 13.6. The predicted octanol–water partition coefficient (Wildman–Crippen LogP) is 4.81. The van der Waals surface area contributed by atoms with E-state index in [1.165, 1.54) is 6.07 Å². The summed E-state index contributed by atoms with van der Waals surface area (Å²) in [6, 6.07) is 7.49. The molecule has 6 heteroatoms. The highest BCUT2D eigenvalue weighted by molar-refractivity contribution is 6.43. The van der Waals surface area contributed by atoms with Gasteiger partial charge in [0.05, 0.1) is 15.6 Å². The molecule has 1 heterocycles. The fourth-order valence-electron chi connectivity index (χ4n) is 1.83. The van der Waals surface area contributed by atoms with E-state index in [-0.39, 0.29) is 5.52 Å². The summed E-state index contributed by atoms with van der Waals surface area (Å²) < 4.78 is 26.7. The van der Waals surface area contributed by atoms with Gasteiger partial charge in [0, 0.05) is 5.56 Å². The van der Waals surface area contributed by atoms with Crippen LogP contribution in [0.5, 0.6) is 0 Å². The Labute approximate surface area is 117 Å². The number of benzene rings is 2. The molecule has 2 aromatic carbocycles. The van der Waals surface area contributed by atoms with Gasteiger partial charge in [0.2, 0.25) is 0 Å². The SMILES string of the molecule is Fc1ccc2[nH]c(-c3cccc(Cl)c3Cl)nc2c1F. The van der Waals surface area contributed by atoms with E-state index >= 15 is 0 Å². The van der Waals surface area contributed by atoms with E-state index in [1.54, 1.807) is 18.2 Å². The molecular formula is C13H6Cl2F2N2. The Morgan fingerprint density at radius 1 is 1.05 bits per heavy atom. The molecule has 0 unspecified atom stereocenters. The Kier molecular flexibility index (Phi) is 2.92. The van der Waals surface area contributed by atoms with Gasteiger partial charge >= 0.3 is 0 Å². The molecule has 1 N–H and O–H groups in total. The normalized spacial score (nSPS) is 11.2. The van der Waals surface area contributed by atoms with E-state index in [1.807, 2.05) is 0 Å². The summed E-state index contributed by atoms with van der Waals surface area (Å²) in [7, 11) is 0. The average Bonchev–Trinajstić information content (AvgIpc) is 2.82. The Morgan fingerprint density at radius 3 is 2.63 bits per heavy atom. The highest BCUT2D eigenvalue weighted by atomic mass is 35.5. The van der Waals surface area contributed by atoms with Crippen molar-refractivity contribution in [2.75, 3.05) is 0 Å². The van der Waals surface area contributed by atoms with Gasteiger partial charge in [-0.25, -0.2) is 13.8 Å². The topological polar surface area (TPSA) is 28.7 Å². The summed E-state index contributed by atoms with van der Waals surface area (Å²) in [6.07, 6.45) is 0. The molecular weight excluding hydrogens is 293 g/mol. The highest BCUT2D eigenvalue weighted by Gasteiger charge is 2.15. The summed E-state index contributed by atoms with van der Waals surface area (Å²) in [6.45, 7) is 0. The average molecular weight is 299 g/mol. The lowest BCUT2D eigenvalue weighted by Gasteiger charge is -2.01. The Bertz CT molecular complexity index is 784. The van der Waals surface area contributed by atoms with Crippen molar-refractivity contribution in [2.45, 2.75) is 0 Å². The maximum Gasteiger partial charge on any atom is 0.186 e. The smallest absolute Gasteiger partial charge is 0.186 e. The van der Waals surface area contributed by atoms with Crippen LogP contribution in [0.3, 0.4) is 0 Å². The van der Waals surface area contributed by atoms with Gasteiger partial charge in [-0.2, -0.15) is 0 Å². The first-order valence-electron chi connectivity index (χ1n) is 5.36. The van der Waals surface area contributed by atoms with Crippen LogP contribution in [0.4, 0.5) is 8.78 Å². The number of aromatic amines is 1. The summed E-state index contributed by atoms with van der Waals surface area (Å²) in [5.41, 5.74) is 0.862. The Hall–Kier alpha value is -1.65. The molecule has 96 valence electrons. The van der Waals surface area contributed by atoms with E-state index in [0.29, 0.717) is 26.9 Å². The highest BCUT2D eigenvalue weighted by Crippen LogP contribution is 2.33. The molecule has 3 aromatic rings. The maximum absolute atomic E-state index is 13.6. The molecule has 0 aliphatic carbocycles. The van der Waals surface area contributed by atoms with Gasteiger partial charge in [-0.3, -0.25) is 0 Å². The first kappa shape index (κ1) is 12.4. The van der Waals surface area contributed by atoms with Gasteiger partial charge in [-0.05, 0) is 24.3 Å². The third kappa shape index (κ3) is 1.97. The number of rotatable bonds is 1. The lowest BCUT2D eigenvalue weighted by Crippen LogP contribution is -1.85. The molecule has 0 amide bonds. The van der Waals surface area contributed by atoms with Crippen molar-refractivity contribution in [1.29, 1.82) is 0 Å². The second-order valence-electron chi connectivity index (χ2n) is 3.94. The van der Waals surface area contributed by atoms with Crippen LogP contribution in [0.2, 0.25) is 10.0 Å². The van der Waals surface area contributed by atoms with Gasteiger partial charge in [0.15, 0.2) is 11.6 Å². The van der Waals surface area contributed by atoms with E-state index in [9.17, 15) is 8.78 Å². The van der Waals surface area contributed by atoms with Crippen LogP contribution in [0, 0.1) is 11.6 Å². The first-order chi connectivity index (χ1) is 9.08. The molecule has 1 aromatic heterocycles. The van der Waals surface area contributed by atoms with E-state index in [4.69, 9.17) is 23.2 Å².